The van der Waals surface area contributed by atoms with Crippen molar-refractivity contribution in [3.05, 3.63) is 24.3 Å². The third kappa shape index (κ3) is 18.6. The van der Waals surface area contributed by atoms with E-state index >= 15 is 0 Å². The van der Waals surface area contributed by atoms with Gasteiger partial charge < -0.3 is 5.11 Å². The van der Waals surface area contributed by atoms with Crippen molar-refractivity contribution in [3.63, 3.8) is 0 Å². The topological polar surface area (TPSA) is 20.2 Å². The van der Waals surface area contributed by atoms with Crippen LogP contribution >= 0.6 is 0 Å². The van der Waals surface area contributed by atoms with Crippen LogP contribution in [-0.4, -0.2) is 18.5 Å². The number of allylic oxidation sites excluding steroid dienone is 2. The summed E-state index contributed by atoms with van der Waals surface area (Å²) < 4.78 is 0. The van der Waals surface area contributed by atoms with Crippen LogP contribution in [-0.2, 0) is 0 Å². The number of aliphatic hydroxyl groups is 1. The van der Waals surface area contributed by atoms with Crippen molar-refractivity contribution < 1.29 is 5.11 Å². The van der Waals surface area contributed by atoms with E-state index in [4.69, 9.17) is 7.85 Å². The normalized spacial score (nSPS) is 15.6. The lowest BCUT2D eigenvalue weighted by Gasteiger charge is -2.15. The predicted octanol–water partition coefficient (Wildman–Crippen LogP) is 7.87. The van der Waals surface area contributed by atoms with Gasteiger partial charge in [-0.05, 0) is 31.6 Å². The molecule has 0 aromatic heterocycles. The van der Waals surface area contributed by atoms with Gasteiger partial charge in [0.2, 0.25) is 0 Å². The van der Waals surface area contributed by atoms with Crippen LogP contribution in [0.1, 0.15) is 124 Å². The lowest BCUT2D eigenvalue weighted by atomic mass is 9.80. The molecule has 0 heterocycles. The molecule has 0 aliphatic rings. The number of hydrogen-bond acceptors (Lipinski definition) is 1. The Kier molecular flexibility index (Phi) is 18.5. The molecule has 0 spiro atoms. The number of unbranched alkanes of at least 4 members (excludes halogenated alkanes) is 9. The van der Waals surface area contributed by atoms with Crippen LogP contribution < -0.4 is 0 Å². The molecule has 0 saturated heterocycles. The third-order valence-corrected chi connectivity index (χ3v) is 5.39. The Morgan fingerprint density at radius 2 is 1.19 bits per heavy atom. The highest BCUT2D eigenvalue weighted by atomic mass is 16.3. The summed E-state index contributed by atoms with van der Waals surface area (Å²) >= 11 is 0. The van der Waals surface area contributed by atoms with E-state index in [2.05, 4.69) is 20.8 Å². The van der Waals surface area contributed by atoms with Gasteiger partial charge in [0.1, 0.15) is 7.85 Å². The van der Waals surface area contributed by atoms with Gasteiger partial charge in [0.25, 0.3) is 0 Å². The molecule has 2 radical (unpaired) electrons. The molecule has 27 heavy (non-hydrogen) atoms. The minimum absolute atomic E-state index is 0.968. The van der Waals surface area contributed by atoms with Gasteiger partial charge in [0.05, 0.1) is 5.50 Å². The minimum Gasteiger partial charge on any atom is -0.392 e. The zero-order valence-electron chi connectivity index (χ0n) is 18.7. The molecule has 0 aliphatic heterocycles. The van der Waals surface area contributed by atoms with Crippen LogP contribution in [0.4, 0.5) is 0 Å². The average molecular weight is 374 g/mol. The second kappa shape index (κ2) is 18.8. The second-order valence-corrected chi connectivity index (χ2v) is 8.33. The van der Waals surface area contributed by atoms with Crippen LogP contribution in [0.15, 0.2) is 24.3 Å². The van der Waals surface area contributed by atoms with Gasteiger partial charge in [-0.1, -0.05) is 122 Å². The van der Waals surface area contributed by atoms with Crippen molar-refractivity contribution in [3.8, 4) is 0 Å². The molecular weight excluding hydrogens is 327 g/mol. The lowest BCUT2D eigenvalue weighted by molar-refractivity contribution is 0.228. The number of hydrogen-bond donors (Lipinski definition) is 1. The monoisotopic (exact) mass is 374 g/mol. The van der Waals surface area contributed by atoms with Gasteiger partial charge in [0, 0.05) is 0 Å². The molecule has 2 unspecified atom stereocenters. The van der Waals surface area contributed by atoms with Crippen molar-refractivity contribution in [2.24, 2.45) is 5.92 Å². The third-order valence-electron chi connectivity index (χ3n) is 5.39. The van der Waals surface area contributed by atoms with Crippen molar-refractivity contribution in [2.75, 3.05) is 0 Å². The van der Waals surface area contributed by atoms with Gasteiger partial charge in [-0.25, -0.2) is 0 Å². The Hall–Kier alpha value is -0.495. The summed E-state index contributed by atoms with van der Waals surface area (Å²) in [5.41, 5.74) is -1.28. The van der Waals surface area contributed by atoms with Crippen LogP contribution in [0, 0.1) is 5.92 Å². The first kappa shape index (κ1) is 26.5. The molecule has 0 aromatic carbocycles. The van der Waals surface area contributed by atoms with E-state index in [1.807, 2.05) is 12.2 Å². The molecular formula is C25H47BO. The summed E-state index contributed by atoms with van der Waals surface area (Å²) in [6, 6.07) is 0. The summed E-state index contributed by atoms with van der Waals surface area (Å²) in [4.78, 5) is 0. The fourth-order valence-corrected chi connectivity index (χ4v) is 3.67. The molecule has 0 aromatic rings. The minimum atomic E-state index is -1.28. The van der Waals surface area contributed by atoms with E-state index in [1.54, 1.807) is 12.2 Å². The van der Waals surface area contributed by atoms with E-state index in [0.717, 1.165) is 18.8 Å². The fraction of sp³-hybridized carbons (Fsp3) is 0.840. The highest BCUT2D eigenvalue weighted by Gasteiger charge is 2.09. The van der Waals surface area contributed by atoms with E-state index in [9.17, 15) is 5.11 Å². The molecule has 156 valence electrons. The zero-order valence-corrected chi connectivity index (χ0v) is 18.7. The standard InChI is InChI=1S/C25H47BO/c1-4-7-9-14-17-22-25(26,27)23-18-15-12-10-11-13-16-21-24(19-6-3)20-8-5-2/h17-18,22-24,27H,4-16,19-21H2,1-3H3/b22-17-,23-18-. The predicted molar refractivity (Wildman–Crippen MR) is 123 cm³/mol. The largest absolute Gasteiger partial charge is 0.392 e. The van der Waals surface area contributed by atoms with E-state index < -0.39 is 5.50 Å². The molecule has 1 N–H and O–H groups in total. The molecule has 0 aliphatic carbocycles. The summed E-state index contributed by atoms with van der Waals surface area (Å²) in [5, 5.41) is 10.1. The molecule has 2 atom stereocenters. The molecule has 0 fully saturated rings. The highest BCUT2D eigenvalue weighted by Crippen LogP contribution is 2.22. The molecule has 0 amide bonds. The molecule has 2 heteroatoms. The van der Waals surface area contributed by atoms with Crippen molar-refractivity contribution >= 4 is 7.85 Å². The summed E-state index contributed by atoms with van der Waals surface area (Å²) in [7, 11) is 5.88. The Balaban J connectivity index is 3.70. The Bertz CT molecular complexity index is 359. The van der Waals surface area contributed by atoms with Gasteiger partial charge >= 0.3 is 0 Å². The van der Waals surface area contributed by atoms with Gasteiger partial charge in [-0.2, -0.15) is 0 Å². The molecule has 0 saturated carbocycles. The van der Waals surface area contributed by atoms with Crippen LogP contribution in [0.5, 0.6) is 0 Å². The smallest absolute Gasteiger partial charge is 0.125 e. The van der Waals surface area contributed by atoms with Gasteiger partial charge in [-0.15, -0.1) is 0 Å². The summed E-state index contributed by atoms with van der Waals surface area (Å²) in [5.74, 6) is 0.968. The molecule has 0 bridgehead atoms. The highest BCUT2D eigenvalue weighted by molar-refractivity contribution is 6.17. The average Bonchev–Trinajstić information content (AvgIpc) is 2.64. The quantitative estimate of drug-likeness (QED) is 0.138. The maximum atomic E-state index is 10.1. The van der Waals surface area contributed by atoms with Crippen molar-refractivity contribution in [2.45, 2.75) is 129 Å². The van der Waals surface area contributed by atoms with Crippen LogP contribution in [0.2, 0.25) is 0 Å². The Labute approximate surface area is 172 Å². The first-order chi connectivity index (χ1) is 13.1. The van der Waals surface area contributed by atoms with Gasteiger partial charge in [-0.3, -0.25) is 0 Å². The van der Waals surface area contributed by atoms with E-state index in [-0.39, 0.29) is 0 Å². The summed E-state index contributed by atoms with van der Waals surface area (Å²) in [6.07, 6.45) is 28.1. The first-order valence-electron chi connectivity index (χ1n) is 11.9. The van der Waals surface area contributed by atoms with Crippen molar-refractivity contribution in [1.82, 2.24) is 0 Å². The maximum absolute atomic E-state index is 10.1. The maximum Gasteiger partial charge on any atom is 0.125 e. The molecule has 1 nitrogen and oxygen atoms in total. The molecule has 0 rings (SSSR count). The van der Waals surface area contributed by atoms with Gasteiger partial charge in [0.15, 0.2) is 0 Å². The van der Waals surface area contributed by atoms with Crippen LogP contribution in [0.3, 0.4) is 0 Å². The second-order valence-electron chi connectivity index (χ2n) is 8.33. The fourth-order valence-electron chi connectivity index (χ4n) is 3.67. The Morgan fingerprint density at radius 1 is 0.667 bits per heavy atom. The Morgan fingerprint density at radius 3 is 1.78 bits per heavy atom. The van der Waals surface area contributed by atoms with Crippen LogP contribution in [0.25, 0.3) is 0 Å². The van der Waals surface area contributed by atoms with E-state index in [0.29, 0.717) is 0 Å². The first-order valence-corrected chi connectivity index (χ1v) is 11.9. The van der Waals surface area contributed by atoms with Crippen molar-refractivity contribution in [1.29, 1.82) is 0 Å². The van der Waals surface area contributed by atoms with E-state index in [1.165, 1.54) is 89.9 Å². The lowest BCUT2D eigenvalue weighted by Crippen LogP contribution is -2.22. The zero-order chi connectivity index (χ0) is 20.2. The SMILES string of the molecule is [B]C(O)(/C=C\CCCCC)/C=C\CCCCCCCC(CCC)CCCC. The summed E-state index contributed by atoms with van der Waals surface area (Å²) in [6.45, 7) is 6.81. The number of rotatable bonds is 19.